The first-order valence-electron chi connectivity index (χ1n) is 6.67. The van der Waals surface area contributed by atoms with Crippen molar-refractivity contribution in [1.82, 2.24) is 4.31 Å². The molecule has 1 aromatic rings. The Morgan fingerprint density at radius 3 is 2.36 bits per heavy atom. The summed E-state index contributed by atoms with van der Waals surface area (Å²) in [5.41, 5.74) is 0.420. The van der Waals surface area contributed by atoms with E-state index in [1.807, 2.05) is 0 Å². The zero-order valence-corrected chi connectivity index (χ0v) is 14.2. The molecular weight excluding hydrogens is 308 g/mol. The first-order valence-corrected chi connectivity index (χ1v) is 8.52. The van der Waals surface area contributed by atoms with Crippen molar-refractivity contribution in [2.75, 3.05) is 32.3 Å². The van der Waals surface area contributed by atoms with Crippen molar-refractivity contribution in [3.63, 3.8) is 0 Å². The topological polar surface area (TPSA) is 84.9 Å². The number of benzene rings is 1. The third-order valence-electron chi connectivity index (χ3n) is 2.98. The summed E-state index contributed by atoms with van der Waals surface area (Å²) in [6.07, 6.45) is 1.08. The highest BCUT2D eigenvalue weighted by atomic mass is 32.2. The number of methoxy groups -OCH3 is 2. The van der Waals surface area contributed by atoms with Gasteiger partial charge in [0.15, 0.2) is 0 Å². The lowest BCUT2D eigenvalue weighted by Gasteiger charge is -2.23. The quantitative estimate of drug-likeness (QED) is 0.815. The summed E-state index contributed by atoms with van der Waals surface area (Å²) in [7, 11) is -0.471. The Kier molecular flexibility index (Phi) is 6.19. The number of hydrogen-bond donors (Lipinski definition) is 1. The Morgan fingerprint density at radius 2 is 1.91 bits per heavy atom. The summed E-state index contributed by atoms with van der Waals surface area (Å²) < 4.78 is 34.8. The molecule has 0 bridgehead atoms. The zero-order chi connectivity index (χ0) is 16.9. The third kappa shape index (κ3) is 4.88. The van der Waals surface area contributed by atoms with Gasteiger partial charge in [-0.25, -0.2) is 8.42 Å². The maximum atomic E-state index is 12.1. The second-order valence-electron chi connectivity index (χ2n) is 5.02. The predicted octanol–water partition coefficient (Wildman–Crippen LogP) is 1.31. The molecular formula is C14H22N2O5S. The second-order valence-corrected chi connectivity index (χ2v) is 6.95. The van der Waals surface area contributed by atoms with Gasteiger partial charge in [-0.05, 0) is 26.0 Å². The van der Waals surface area contributed by atoms with Crippen LogP contribution >= 0.6 is 0 Å². The summed E-state index contributed by atoms with van der Waals surface area (Å²) in [5, 5.41) is 2.64. The van der Waals surface area contributed by atoms with Gasteiger partial charge in [0.25, 0.3) is 0 Å². The molecule has 8 heteroatoms. The van der Waals surface area contributed by atoms with E-state index in [4.69, 9.17) is 9.47 Å². The van der Waals surface area contributed by atoms with Crippen molar-refractivity contribution in [1.29, 1.82) is 0 Å². The van der Waals surface area contributed by atoms with Gasteiger partial charge in [-0.15, -0.1) is 0 Å². The fraction of sp³-hybridized carbons (Fsp3) is 0.500. The van der Waals surface area contributed by atoms with Crippen LogP contribution in [0, 0.1) is 0 Å². The van der Waals surface area contributed by atoms with Gasteiger partial charge in [0.1, 0.15) is 11.5 Å². The van der Waals surface area contributed by atoms with Crippen LogP contribution in [0.3, 0.4) is 0 Å². The van der Waals surface area contributed by atoms with Gasteiger partial charge >= 0.3 is 0 Å². The molecule has 0 atom stereocenters. The summed E-state index contributed by atoms with van der Waals surface area (Å²) in [6, 6.07) is 4.65. The molecule has 0 saturated carbocycles. The van der Waals surface area contributed by atoms with Gasteiger partial charge in [0.2, 0.25) is 15.9 Å². The van der Waals surface area contributed by atoms with Crippen molar-refractivity contribution >= 4 is 21.6 Å². The van der Waals surface area contributed by atoms with E-state index in [1.54, 1.807) is 32.0 Å². The van der Waals surface area contributed by atoms with E-state index in [0.29, 0.717) is 17.2 Å². The number of anilines is 1. The number of hydrogen-bond acceptors (Lipinski definition) is 5. The van der Waals surface area contributed by atoms with Crippen LogP contribution in [0.1, 0.15) is 13.8 Å². The highest BCUT2D eigenvalue weighted by Crippen LogP contribution is 2.28. The molecule has 22 heavy (non-hydrogen) atoms. The van der Waals surface area contributed by atoms with Crippen molar-refractivity contribution in [3.05, 3.63) is 18.2 Å². The summed E-state index contributed by atoms with van der Waals surface area (Å²) in [5.74, 6) is 0.565. The molecule has 0 radical (unpaired) electrons. The number of amides is 1. The fourth-order valence-corrected chi connectivity index (χ4v) is 3.04. The highest BCUT2D eigenvalue weighted by molar-refractivity contribution is 7.88. The van der Waals surface area contributed by atoms with E-state index in [2.05, 4.69) is 5.32 Å². The van der Waals surface area contributed by atoms with E-state index in [9.17, 15) is 13.2 Å². The number of ether oxygens (including phenoxy) is 2. The minimum atomic E-state index is -3.46. The van der Waals surface area contributed by atoms with Crippen LogP contribution in [-0.4, -0.2) is 51.7 Å². The van der Waals surface area contributed by atoms with E-state index in [-0.39, 0.29) is 12.6 Å². The van der Waals surface area contributed by atoms with E-state index < -0.39 is 15.9 Å². The minimum absolute atomic E-state index is 0.267. The molecule has 1 amide bonds. The van der Waals surface area contributed by atoms with Crippen LogP contribution in [0.4, 0.5) is 5.69 Å². The lowest BCUT2D eigenvalue weighted by molar-refractivity contribution is -0.116. The number of nitrogens with zero attached hydrogens (tertiary/aromatic N) is 1. The third-order valence-corrected chi connectivity index (χ3v) is 4.38. The number of rotatable bonds is 7. The van der Waals surface area contributed by atoms with Gasteiger partial charge in [-0.1, -0.05) is 0 Å². The molecule has 0 aliphatic heterocycles. The van der Waals surface area contributed by atoms with Crippen molar-refractivity contribution in [3.8, 4) is 11.5 Å². The lowest BCUT2D eigenvalue weighted by Crippen LogP contribution is -2.41. The molecule has 0 heterocycles. The maximum absolute atomic E-state index is 12.1. The Morgan fingerprint density at radius 1 is 1.27 bits per heavy atom. The normalized spacial score (nSPS) is 11.6. The predicted molar refractivity (Wildman–Crippen MR) is 84.9 cm³/mol. The highest BCUT2D eigenvalue weighted by Gasteiger charge is 2.23. The van der Waals surface area contributed by atoms with E-state index in [0.717, 1.165) is 10.6 Å². The van der Waals surface area contributed by atoms with Crippen LogP contribution < -0.4 is 14.8 Å². The van der Waals surface area contributed by atoms with Crippen LogP contribution in [0.15, 0.2) is 18.2 Å². The Hall–Kier alpha value is -1.80. The van der Waals surface area contributed by atoms with Crippen molar-refractivity contribution < 1.29 is 22.7 Å². The van der Waals surface area contributed by atoms with Gasteiger partial charge < -0.3 is 14.8 Å². The summed E-state index contributed by atoms with van der Waals surface area (Å²) in [6.45, 7) is 3.15. The molecule has 0 aliphatic carbocycles. The molecule has 1 rings (SSSR count). The number of sulfonamides is 1. The van der Waals surface area contributed by atoms with Gasteiger partial charge in [0, 0.05) is 12.1 Å². The Bertz CT molecular complexity index is 628. The lowest BCUT2D eigenvalue weighted by atomic mass is 10.2. The maximum Gasteiger partial charge on any atom is 0.239 e. The fourth-order valence-electron chi connectivity index (χ4n) is 1.93. The Labute approximate surface area is 131 Å². The van der Waals surface area contributed by atoms with Gasteiger partial charge in [0.05, 0.1) is 32.7 Å². The summed E-state index contributed by atoms with van der Waals surface area (Å²) in [4.78, 5) is 12.1. The monoisotopic (exact) mass is 330 g/mol. The standard InChI is InChI=1S/C14H22N2O5S/c1-10(2)16(22(5,18)19)9-14(17)15-12-8-11(20-3)6-7-13(12)21-4/h6-8,10H,9H2,1-5H3,(H,15,17). The molecule has 7 nitrogen and oxygen atoms in total. The smallest absolute Gasteiger partial charge is 0.239 e. The van der Waals surface area contributed by atoms with Crippen LogP contribution in [0.5, 0.6) is 11.5 Å². The molecule has 0 aliphatic rings. The average molecular weight is 330 g/mol. The zero-order valence-electron chi connectivity index (χ0n) is 13.4. The minimum Gasteiger partial charge on any atom is -0.497 e. The largest absolute Gasteiger partial charge is 0.497 e. The van der Waals surface area contributed by atoms with Crippen LogP contribution in [-0.2, 0) is 14.8 Å². The number of carbonyl (C=O) groups is 1. The van der Waals surface area contributed by atoms with E-state index >= 15 is 0 Å². The van der Waals surface area contributed by atoms with E-state index in [1.165, 1.54) is 14.2 Å². The first kappa shape index (κ1) is 18.2. The van der Waals surface area contributed by atoms with Crippen molar-refractivity contribution in [2.24, 2.45) is 0 Å². The molecule has 0 spiro atoms. The molecule has 0 fully saturated rings. The van der Waals surface area contributed by atoms with Crippen LogP contribution in [0.25, 0.3) is 0 Å². The number of nitrogens with one attached hydrogen (secondary N) is 1. The van der Waals surface area contributed by atoms with Gasteiger partial charge in [-0.2, -0.15) is 4.31 Å². The molecule has 124 valence electrons. The van der Waals surface area contributed by atoms with Crippen molar-refractivity contribution in [2.45, 2.75) is 19.9 Å². The molecule has 0 aromatic heterocycles. The molecule has 0 saturated heterocycles. The molecule has 1 aromatic carbocycles. The molecule has 1 N–H and O–H groups in total. The average Bonchev–Trinajstić information content (AvgIpc) is 2.43. The van der Waals surface area contributed by atoms with Gasteiger partial charge in [-0.3, -0.25) is 4.79 Å². The Balaban J connectivity index is 2.93. The second kappa shape index (κ2) is 7.46. The SMILES string of the molecule is COc1ccc(OC)c(NC(=O)CN(C(C)C)S(C)(=O)=O)c1. The molecule has 0 unspecified atom stereocenters. The van der Waals surface area contributed by atoms with Crippen LogP contribution in [0.2, 0.25) is 0 Å². The first-order chi connectivity index (χ1) is 10.2. The summed E-state index contributed by atoms with van der Waals surface area (Å²) >= 11 is 0. The number of carbonyl (C=O) groups excluding carboxylic acids is 1.